The number of hydrogen-bond acceptors (Lipinski definition) is 0. The fourth-order valence-corrected chi connectivity index (χ4v) is 13.5. The van der Waals surface area contributed by atoms with Crippen molar-refractivity contribution in [2.45, 2.75) is 40.6 Å². The van der Waals surface area contributed by atoms with Gasteiger partial charge < -0.3 is 24.8 Å². The summed E-state index contributed by atoms with van der Waals surface area (Å²) in [4.78, 5) is 0. The van der Waals surface area contributed by atoms with Gasteiger partial charge in [0.25, 0.3) is 0 Å². The van der Waals surface area contributed by atoms with Crippen LogP contribution in [0, 0.1) is 0 Å². The van der Waals surface area contributed by atoms with Crippen molar-refractivity contribution < 1.29 is 45.1 Å². The summed E-state index contributed by atoms with van der Waals surface area (Å²) < 4.78 is 7.49. The molecule has 4 rings (SSSR count). The quantitative estimate of drug-likeness (QED) is 0.584. The Hall–Kier alpha value is -1.14. The second-order valence-corrected chi connectivity index (χ2v) is 20.1. The largest absolute Gasteiger partial charge is 1.00 e. The molecule has 0 N–H and O–H groups in total. The van der Waals surface area contributed by atoms with Crippen molar-refractivity contribution in [2.75, 3.05) is 0 Å². The molecular weight excluding hydrogens is 486 g/mol. The zero-order valence-corrected chi connectivity index (χ0v) is 21.6. The molecule has 2 aromatic rings. The molecule has 0 saturated carbocycles. The summed E-state index contributed by atoms with van der Waals surface area (Å²) in [5.41, 5.74) is 10.7. The molecule has 0 heterocycles. The van der Waals surface area contributed by atoms with Gasteiger partial charge in [-0.25, -0.2) is 0 Å². The van der Waals surface area contributed by atoms with Crippen LogP contribution in [0.25, 0.3) is 22.3 Å². The van der Waals surface area contributed by atoms with E-state index in [1.165, 1.54) is 33.4 Å². The minimum absolute atomic E-state index is 0. The minimum atomic E-state index is -2.62. The van der Waals surface area contributed by atoms with Crippen LogP contribution in [0.4, 0.5) is 0 Å². The summed E-state index contributed by atoms with van der Waals surface area (Å²) in [6.07, 6.45) is 8.11. The minimum Gasteiger partial charge on any atom is -1.00 e. The summed E-state index contributed by atoms with van der Waals surface area (Å²) in [7, 11) is 0. The second-order valence-electron chi connectivity index (χ2n) is 8.64. The maximum atomic E-state index is 4.19. The average Bonchev–Trinajstić information content (AvgIpc) is 3.27. The van der Waals surface area contributed by atoms with Gasteiger partial charge in [0, 0.05) is 0 Å². The summed E-state index contributed by atoms with van der Waals surface area (Å²) in [6.45, 7) is 12.6. The van der Waals surface area contributed by atoms with Crippen LogP contribution < -0.4 is 24.8 Å². The summed E-state index contributed by atoms with van der Waals surface area (Å²) >= 11 is -2.62. The van der Waals surface area contributed by atoms with Crippen molar-refractivity contribution >= 4 is 11.1 Å². The number of allylic oxidation sites excluding steroid dienone is 6. The Morgan fingerprint density at radius 3 is 1.70 bits per heavy atom. The van der Waals surface area contributed by atoms with Gasteiger partial charge in [0.2, 0.25) is 0 Å². The average molecular weight is 519 g/mol. The molecule has 0 aromatic heterocycles. The molecule has 3 heteroatoms. The van der Waals surface area contributed by atoms with Crippen LogP contribution in [-0.2, 0) is 20.3 Å². The van der Waals surface area contributed by atoms with E-state index in [9.17, 15) is 0 Å². The van der Waals surface area contributed by atoms with E-state index in [2.05, 4.69) is 90.9 Å². The number of fused-ring (bicyclic) bond motifs is 3. The molecule has 0 amide bonds. The molecule has 2 aliphatic rings. The van der Waals surface area contributed by atoms with Crippen molar-refractivity contribution in [1.82, 2.24) is 0 Å². The Bertz CT molecular complexity index is 977. The molecule has 0 bridgehead atoms. The van der Waals surface area contributed by atoms with Crippen LogP contribution in [0.3, 0.4) is 0 Å². The standard InChI is InChI=1S/C19H17.C5H5.CH4.2CH3.2ClH.Zr/c1-12(2)14-5-7-18-16(9-14)11-17-10-15(13(3)4)6-8-19(17)18;1-2-4-5-3-1;;;;;;/h5-11H,1,3H2,2,4H3;1-3H,4H2;1H4;2*1H3;2*1H;/q;;;;;;;+2/p-2. The van der Waals surface area contributed by atoms with Crippen molar-refractivity contribution in [3.63, 3.8) is 0 Å². The fraction of sp³-hybridized carbons (Fsp3) is 0.259. The molecular formula is C27H32Cl2Zr. The second kappa shape index (κ2) is 9.99. The molecule has 0 unspecified atom stereocenters. The van der Waals surface area contributed by atoms with E-state index in [4.69, 9.17) is 0 Å². The fourth-order valence-electron chi connectivity index (χ4n) is 4.68. The molecule has 0 spiro atoms. The van der Waals surface area contributed by atoms with Crippen molar-refractivity contribution in [3.8, 4) is 11.1 Å². The number of benzene rings is 2. The van der Waals surface area contributed by atoms with Crippen molar-refractivity contribution in [3.05, 3.63) is 93.3 Å². The molecule has 0 nitrogen and oxygen atoms in total. The Labute approximate surface area is 200 Å². The van der Waals surface area contributed by atoms with Gasteiger partial charge in [-0.05, 0) is 0 Å². The van der Waals surface area contributed by atoms with Crippen LogP contribution in [0.15, 0.2) is 71.1 Å². The van der Waals surface area contributed by atoms with Crippen LogP contribution in [0.2, 0.25) is 9.26 Å². The molecule has 158 valence electrons. The van der Waals surface area contributed by atoms with E-state index >= 15 is 0 Å². The molecule has 0 atom stereocenters. The molecule has 2 aromatic carbocycles. The predicted molar refractivity (Wildman–Crippen MR) is 123 cm³/mol. The van der Waals surface area contributed by atoms with Crippen LogP contribution in [0.1, 0.15) is 53.6 Å². The molecule has 2 aliphatic carbocycles. The summed E-state index contributed by atoms with van der Waals surface area (Å²) in [5.74, 6) is 0. The van der Waals surface area contributed by atoms with Gasteiger partial charge in [-0.1, -0.05) is 7.43 Å². The predicted octanol–water partition coefficient (Wildman–Crippen LogP) is 2.56. The first-order chi connectivity index (χ1) is 12.8. The smallest absolute Gasteiger partial charge is 1.00 e. The van der Waals surface area contributed by atoms with E-state index in [0.29, 0.717) is 3.63 Å². The molecule has 30 heavy (non-hydrogen) atoms. The van der Waals surface area contributed by atoms with Gasteiger partial charge in [-0.3, -0.25) is 0 Å². The maximum Gasteiger partial charge on any atom is -1.00 e. The molecule has 0 saturated heterocycles. The monoisotopic (exact) mass is 516 g/mol. The number of halogens is 2. The number of hydrogen-bond donors (Lipinski definition) is 0. The molecule has 0 fully saturated rings. The van der Waals surface area contributed by atoms with E-state index in [1.54, 1.807) is 3.28 Å². The van der Waals surface area contributed by atoms with Gasteiger partial charge in [0.05, 0.1) is 0 Å². The SMILES string of the molecule is C.C=C(C)c1ccc2c(c1)[CH]([Zr+2]([CH3])([CH3])[C]1=CC=CC1)c1cc(C(=C)C)ccc1-2.[Cl-].[Cl-]. The Morgan fingerprint density at radius 1 is 0.867 bits per heavy atom. The third-order valence-corrected chi connectivity index (χ3v) is 16.4. The third kappa shape index (κ3) is 4.41. The summed E-state index contributed by atoms with van der Waals surface area (Å²) in [6, 6.07) is 14.0. The van der Waals surface area contributed by atoms with Crippen LogP contribution in [-0.4, -0.2) is 0 Å². The first-order valence-electron chi connectivity index (χ1n) is 9.77. The molecule has 0 radical (unpaired) electrons. The van der Waals surface area contributed by atoms with Crippen LogP contribution in [0.5, 0.6) is 0 Å². The normalized spacial score (nSPS) is 13.4. The van der Waals surface area contributed by atoms with Gasteiger partial charge in [-0.2, -0.15) is 0 Å². The van der Waals surface area contributed by atoms with Gasteiger partial charge in [-0.15, -0.1) is 0 Å². The van der Waals surface area contributed by atoms with Crippen molar-refractivity contribution in [2.24, 2.45) is 0 Å². The zero-order valence-electron chi connectivity index (χ0n) is 17.7. The maximum absolute atomic E-state index is 4.19. The third-order valence-electron chi connectivity index (χ3n) is 6.32. The van der Waals surface area contributed by atoms with Gasteiger partial charge >= 0.3 is 169 Å². The van der Waals surface area contributed by atoms with Crippen LogP contribution >= 0.6 is 0 Å². The Morgan fingerprint density at radius 2 is 1.33 bits per heavy atom. The van der Waals surface area contributed by atoms with Gasteiger partial charge in [0.15, 0.2) is 0 Å². The van der Waals surface area contributed by atoms with E-state index < -0.39 is 20.3 Å². The van der Waals surface area contributed by atoms with Gasteiger partial charge in [0.1, 0.15) is 0 Å². The Balaban J connectivity index is 0.00000150. The van der Waals surface area contributed by atoms with Crippen molar-refractivity contribution in [1.29, 1.82) is 0 Å². The molecule has 0 aliphatic heterocycles. The first kappa shape index (κ1) is 26.9. The first-order valence-corrected chi connectivity index (χ1v) is 17.3. The zero-order chi connectivity index (χ0) is 19.3. The summed E-state index contributed by atoms with van der Waals surface area (Å²) in [5, 5.41) is 0. The Kier molecular flexibility index (Phi) is 8.96. The van der Waals surface area contributed by atoms with E-state index in [0.717, 1.165) is 17.6 Å². The number of rotatable bonds is 4. The topological polar surface area (TPSA) is 0 Å². The van der Waals surface area contributed by atoms with E-state index in [-0.39, 0.29) is 32.2 Å². The van der Waals surface area contributed by atoms with E-state index in [1.807, 2.05) is 0 Å².